The van der Waals surface area contributed by atoms with E-state index in [1.165, 1.54) is 57.1 Å². The highest BCUT2D eigenvalue weighted by atomic mass is 33.1. The molecule has 0 aliphatic carbocycles. The molecule has 0 saturated carbocycles. The number of hydrogen-bond acceptors (Lipinski definition) is 4. The third-order valence-corrected chi connectivity index (χ3v) is 5.41. The summed E-state index contributed by atoms with van der Waals surface area (Å²) in [5.74, 6) is 3.59. The predicted octanol–water partition coefficient (Wildman–Crippen LogP) is 1.68. The summed E-state index contributed by atoms with van der Waals surface area (Å²) in [7, 11) is 4.09. The van der Waals surface area contributed by atoms with E-state index < -0.39 is 0 Å². The average molecular weight is 232 g/mol. The molecule has 2 nitrogen and oxygen atoms in total. The molecule has 0 radical (unpaired) electrons. The number of nitrogens with one attached hydrogen (secondary N) is 1. The normalized spacial score (nSPS) is 27.4. The van der Waals surface area contributed by atoms with E-state index in [0.717, 1.165) is 5.92 Å². The molecule has 2 aliphatic rings. The average Bonchev–Trinajstić information content (AvgIpc) is 2.48. The van der Waals surface area contributed by atoms with Gasteiger partial charge in [-0.05, 0) is 31.8 Å². The number of hydrogen-bond donors (Lipinski definition) is 1. The van der Waals surface area contributed by atoms with Crippen molar-refractivity contribution in [2.24, 2.45) is 5.92 Å². The van der Waals surface area contributed by atoms with Crippen molar-refractivity contribution in [1.29, 1.82) is 0 Å². The van der Waals surface area contributed by atoms with E-state index in [0.29, 0.717) is 0 Å². The molecule has 0 bridgehead atoms. The van der Waals surface area contributed by atoms with Crippen molar-refractivity contribution in [3.05, 3.63) is 0 Å². The molecule has 0 atom stereocenters. The van der Waals surface area contributed by atoms with Crippen LogP contribution in [0.2, 0.25) is 0 Å². The SMILES string of the molecule is C1CC(CN2CCSSCC2)CCN1. The van der Waals surface area contributed by atoms with Crippen LogP contribution in [-0.4, -0.2) is 49.1 Å². The number of rotatable bonds is 2. The number of nitrogens with zero attached hydrogens (tertiary/aromatic N) is 1. The largest absolute Gasteiger partial charge is 0.317 e. The second kappa shape index (κ2) is 6.26. The Balaban J connectivity index is 1.71. The Morgan fingerprint density at radius 1 is 1.07 bits per heavy atom. The minimum absolute atomic E-state index is 0.962. The zero-order chi connectivity index (χ0) is 9.64. The summed E-state index contributed by atoms with van der Waals surface area (Å²) in [5, 5.41) is 3.44. The van der Waals surface area contributed by atoms with E-state index in [1.54, 1.807) is 0 Å². The van der Waals surface area contributed by atoms with Gasteiger partial charge in [-0.2, -0.15) is 0 Å². The van der Waals surface area contributed by atoms with E-state index >= 15 is 0 Å². The third kappa shape index (κ3) is 3.65. The van der Waals surface area contributed by atoms with Gasteiger partial charge < -0.3 is 10.2 Å². The highest BCUT2D eigenvalue weighted by Crippen LogP contribution is 2.24. The van der Waals surface area contributed by atoms with Crippen LogP contribution >= 0.6 is 21.6 Å². The van der Waals surface area contributed by atoms with Gasteiger partial charge in [0.05, 0.1) is 0 Å². The van der Waals surface area contributed by atoms with Gasteiger partial charge in [0, 0.05) is 31.1 Å². The molecule has 0 amide bonds. The summed E-state index contributed by atoms with van der Waals surface area (Å²) in [6, 6.07) is 0. The molecule has 2 fully saturated rings. The summed E-state index contributed by atoms with van der Waals surface area (Å²) in [6.45, 7) is 6.44. The minimum Gasteiger partial charge on any atom is -0.317 e. The van der Waals surface area contributed by atoms with Crippen LogP contribution in [0.25, 0.3) is 0 Å². The molecule has 0 spiro atoms. The lowest BCUT2D eigenvalue weighted by molar-refractivity contribution is 0.226. The van der Waals surface area contributed by atoms with Crippen LogP contribution in [0.3, 0.4) is 0 Å². The van der Waals surface area contributed by atoms with Crippen LogP contribution in [0.4, 0.5) is 0 Å². The van der Waals surface area contributed by atoms with E-state index in [1.807, 2.05) is 21.6 Å². The highest BCUT2D eigenvalue weighted by molar-refractivity contribution is 8.76. The van der Waals surface area contributed by atoms with Crippen molar-refractivity contribution in [2.75, 3.05) is 44.2 Å². The molecular weight excluding hydrogens is 212 g/mol. The quantitative estimate of drug-likeness (QED) is 0.728. The van der Waals surface area contributed by atoms with Gasteiger partial charge in [0.1, 0.15) is 0 Å². The van der Waals surface area contributed by atoms with Gasteiger partial charge in [-0.25, -0.2) is 0 Å². The molecule has 82 valence electrons. The summed E-state index contributed by atoms with van der Waals surface area (Å²) in [5.41, 5.74) is 0. The van der Waals surface area contributed by atoms with Gasteiger partial charge in [-0.1, -0.05) is 21.6 Å². The summed E-state index contributed by atoms with van der Waals surface area (Å²) < 4.78 is 0. The first-order chi connectivity index (χ1) is 6.95. The first kappa shape index (κ1) is 11.1. The standard InChI is InChI=1S/C10H20N2S2/c1-3-11-4-2-10(1)9-12-5-7-13-14-8-6-12/h10-11H,1-9H2. The van der Waals surface area contributed by atoms with Gasteiger partial charge in [-0.3, -0.25) is 0 Å². The van der Waals surface area contributed by atoms with Crippen molar-refractivity contribution in [3.63, 3.8) is 0 Å². The van der Waals surface area contributed by atoms with Crippen LogP contribution in [0.15, 0.2) is 0 Å². The summed E-state index contributed by atoms with van der Waals surface area (Å²) in [4.78, 5) is 2.67. The Morgan fingerprint density at radius 3 is 2.36 bits per heavy atom. The van der Waals surface area contributed by atoms with Gasteiger partial charge in [0.25, 0.3) is 0 Å². The molecule has 0 aromatic rings. The van der Waals surface area contributed by atoms with E-state index in [9.17, 15) is 0 Å². The van der Waals surface area contributed by atoms with Crippen LogP contribution < -0.4 is 5.32 Å². The molecule has 1 N–H and O–H groups in total. The van der Waals surface area contributed by atoms with E-state index in [4.69, 9.17) is 0 Å². The van der Waals surface area contributed by atoms with Crippen LogP contribution in [0.1, 0.15) is 12.8 Å². The second-order valence-electron chi connectivity index (χ2n) is 4.14. The molecule has 4 heteroatoms. The minimum atomic E-state index is 0.962. The maximum atomic E-state index is 3.44. The lowest BCUT2D eigenvalue weighted by Gasteiger charge is -2.28. The lowest BCUT2D eigenvalue weighted by atomic mass is 9.97. The topological polar surface area (TPSA) is 15.3 Å². The predicted molar refractivity (Wildman–Crippen MR) is 66.9 cm³/mol. The van der Waals surface area contributed by atoms with Gasteiger partial charge in [0.2, 0.25) is 0 Å². The summed E-state index contributed by atoms with van der Waals surface area (Å²) >= 11 is 0. The van der Waals surface area contributed by atoms with Gasteiger partial charge in [0.15, 0.2) is 0 Å². The lowest BCUT2D eigenvalue weighted by Crippen LogP contribution is -2.37. The summed E-state index contributed by atoms with van der Waals surface area (Å²) in [6.07, 6.45) is 2.77. The molecule has 2 rings (SSSR count). The van der Waals surface area contributed by atoms with Gasteiger partial charge >= 0.3 is 0 Å². The zero-order valence-corrected chi connectivity index (χ0v) is 10.3. The third-order valence-electron chi connectivity index (χ3n) is 3.04. The fourth-order valence-electron chi connectivity index (χ4n) is 2.17. The highest BCUT2D eigenvalue weighted by Gasteiger charge is 2.17. The van der Waals surface area contributed by atoms with Crippen molar-refractivity contribution >= 4 is 21.6 Å². The Kier molecular flexibility index (Phi) is 4.97. The van der Waals surface area contributed by atoms with Crippen LogP contribution in [0, 0.1) is 5.92 Å². The smallest absolute Gasteiger partial charge is 0.0165 e. The Labute approximate surface area is 95.0 Å². The van der Waals surface area contributed by atoms with Crippen LogP contribution in [0.5, 0.6) is 0 Å². The molecule has 2 saturated heterocycles. The van der Waals surface area contributed by atoms with Crippen LogP contribution in [-0.2, 0) is 0 Å². The Bertz CT molecular complexity index is 152. The van der Waals surface area contributed by atoms with Crippen molar-refractivity contribution in [3.8, 4) is 0 Å². The van der Waals surface area contributed by atoms with E-state index in [2.05, 4.69) is 10.2 Å². The molecule has 2 aliphatic heterocycles. The van der Waals surface area contributed by atoms with Crippen molar-refractivity contribution < 1.29 is 0 Å². The second-order valence-corrected chi connectivity index (χ2v) is 6.84. The molecule has 0 unspecified atom stereocenters. The van der Waals surface area contributed by atoms with Gasteiger partial charge in [-0.15, -0.1) is 0 Å². The monoisotopic (exact) mass is 232 g/mol. The maximum Gasteiger partial charge on any atom is 0.0165 e. The molecule has 14 heavy (non-hydrogen) atoms. The fourth-order valence-corrected chi connectivity index (χ4v) is 4.23. The molecule has 0 aromatic heterocycles. The van der Waals surface area contributed by atoms with Crippen molar-refractivity contribution in [1.82, 2.24) is 10.2 Å². The zero-order valence-electron chi connectivity index (χ0n) is 8.71. The Hall–Kier alpha value is 0.620. The molecular formula is C10H20N2S2. The fraction of sp³-hybridized carbons (Fsp3) is 1.00. The molecule has 2 heterocycles. The van der Waals surface area contributed by atoms with E-state index in [-0.39, 0.29) is 0 Å². The Morgan fingerprint density at radius 2 is 1.71 bits per heavy atom. The maximum absolute atomic E-state index is 3.44. The first-order valence-electron chi connectivity index (χ1n) is 5.62. The number of piperidine rings is 1. The van der Waals surface area contributed by atoms with Crippen molar-refractivity contribution in [2.45, 2.75) is 12.8 Å². The molecule has 0 aromatic carbocycles. The first-order valence-corrected chi connectivity index (χ1v) is 8.11.